The van der Waals surface area contributed by atoms with E-state index in [-0.39, 0.29) is 11.3 Å². The molecule has 1 aromatic rings. The highest BCUT2D eigenvalue weighted by Gasteiger charge is 2.32. The highest BCUT2D eigenvalue weighted by Crippen LogP contribution is 2.38. The summed E-state index contributed by atoms with van der Waals surface area (Å²) >= 11 is 0. The molecule has 20 heavy (non-hydrogen) atoms. The van der Waals surface area contributed by atoms with Crippen molar-refractivity contribution in [3.8, 4) is 0 Å². The summed E-state index contributed by atoms with van der Waals surface area (Å²) in [5, 5.41) is 3.03. The molecular formula is C17H26N2O. The van der Waals surface area contributed by atoms with Crippen molar-refractivity contribution in [1.29, 1.82) is 0 Å². The van der Waals surface area contributed by atoms with Gasteiger partial charge in [0.05, 0.1) is 0 Å². The monoisotopic (exact) mass is 274 g/mol. The van der Waals surface area contributed by atoms with Crippen molar-refractivity contribution in [3.63, 3.8) is 0 Å². The van der Waals surface area contributed by atoms with E-state index in [2.05, 4.69) is 36.5 Å². The van der Waals surface area contributed by atoms with Crippen molar-refractivity contribution in [2.24, 2.45) is 11.1 Å². The number of rotatable bonds is 5. The number of nitrogens with one attached hydrogen (secondary N) is 1. The van der Waals surface area contributed by atoms with Gasteiger partial charge >= 0.3 is 0 Å². The van der Waals surface area contributed by atoms with Gasteiger partial charge < -0.3 is 11.1 Å². The second kappa shape index (κ2) is 6.89. The number of nitrogens with two attached hydrogens (primary N) is 1. The summed E-state index contributed by atoms with van der Waals surface area (Å²) in [6.45, 7) is 3.31. The third kappa shape index (κ3) is 4.07. The second-order valence-electron chi connectivity index (χ2n) is 6.20. The van der Waals surface area contributed by atoms with E-state index in [4.69, 9.17) is 5.73 Å². The zero-order valence-corrected chi connectivity index (χ0v) is 12.5. The van der Waals surface area contributed by atoms with E-state index in [9.17, 15) is 4.79 Å². The third-order valence-corrected chi connectivity index (χ3v) is 4.49. The highest BCUT2D eigenvalue weighted by molar-refractivity contribution is 5.76. The Labute approximate surface area is 121 Å². The van der Waals surface area contributed by atoms with Crippen LogP contribution in [0.25, 0.3) is 0 Å². The van der Waals surface area contributed by atoms with Gasteiger partial charge in [-0.25, -0.2) is 0 Å². The van der Waals surface area contributed by atoms with Gasteiger partial charge in [-0.1, -0.05) is 49.1 Å². The summed E-state index contributed by atoms with van der Waals surface area (Å²) in [4.78, 5) is 12.1. The number of amides is 1. The molecule has 1 saturated carbocycles. The van der Waals surface area contributed by atoms with Gasteiger partial charge in [-0.05, 0) is 37.3 Å². The van der Waals surface area contributed by atoms with Crippen molar-refractivity contribution in [1.82, 2.24) is 5.32 Å². The molecule has 3 heteroatoms. The summed E-state index contributed by atoms with van der Waals surface area (Å²) in [6, 6.07) is 8.28. The van der Waals surface area contributed by atoms with Gasteiger partial charge in [0, 0.05) is 13.0 Å². The zero-order chi connectivity index (χ0) is 14.4. The van der Waals surface area contributed by atoms with Crippen LogP contribution in [0.5, 0.6) is 0 Å². The molecule has 0 bridgehead atoms. The molecule has 3 N–H and O–H groups in total. The topological polar surface area (TPSA) is 55.1 Å². The molecule has 3 nitrogen and oxygen atoms in total. The molecule has 0 saturated heterocycles. The molecule has 1 fully saturated rings. The summed E-state index contributed by atoms with van der Waals surface area (Å²) in [5.74, 6) is 0.137. The number of hydrogen-bond donors (Lipinski definition) is 2. The lowest BCUT2D eigenvalue weighted by Crippen LogP contribution is -2.38. The van der Waals surface area contributed by atoms with E-state index in [0.29, 0.717) is 19.5 Å². The molecule has 1 aromatic carbocycles. The van der Waals surface area contributed by atoms with Crippen LogP contribution in [0, 0.1) is 12.3 Å². The van der Waals surface area contributed by atoms with Crippen LogP contribution in [0.15, 0.2) is 24.3 Å². The lowest BCUT2D eigenvalue weighted by Gasteiger charge is -2.35. The first-order valence-electron chi connectivity index (χ1n) is 7.66. The Kier molecular flexibility index (Phi) is 5.18. The molecule has 0 unspecified atom stereocenters. The minimum absolute atomic E-state index is 0.0512. The lowest BCUT2D eigenvalue weighted by molar-refractivity contribution is -0.124. The van der Waals surface area contributed by atoms with E-state index < -0.39 is 0 Å². The number of benzene rings is 1. The van der Waals surface area contributed by atoms with Crippen molar-refractivity contribution < 1.29 is 4.79 Å². The maximum atomic E-state index is 12.1. The molecule has 0 spiro atoms. The fourth-order valence-electron chi connectivity index (χ4n) is 3.06. The first kappa shape index (κ1) is 15.0. The van der Waals surface area contributed by atoms with E-state index in [1.807, 2.05) is 0 Å². The average Bonchev–Trinajstić information content (AvgIpc) is 2.47. The smallest absolute Gasteiger partial charge is 0.220 e. The summed E-state index contributed by atoms with van der Waals surface area (Å²) in [6.07, 6.45) is 6.48. The Balaban J connectivity index is 1.83. The molecule has 1 amide bonds. The van der Waals surface area contributed by atoms with Crippen LogP contribution in [-0.2, 0) is 11.3 Å². The van der Waals surface area contributed by atoms with Gasteiger partial charge in [-0.2, -0.15) is 0 Å². The molecule has 2 rings (SSSR count). The Morgan fingerprint density at radius 3 is 2.45 bits per heavy atom. The Morgan fingerprint density at radius 1 is 1.20 bits per heavy atom. The Morgan fingerprint density at radius 2 is 1.85 bits per heavy atom. The average molecular weight is 274 g/mol. The molecular weight excluding hydrogens is 248 g/mol. The van der Waals surface area contributed by atoms with Crippen LogP contribution in [-0.4, -0.2) is 12.5 Å². The first-order valence-corrected chi connectivity index (χ1v) is 7.66. The second-order valence-corrected chi connectivity index (χ2v) is 6.20. The minimum atomic E-state index is 0.0512. The molecule has 0 radical (unpaired) electrons. The Bertz CT molecular complexity index is 433. The van der Waals surface area contributed by atoms with Gasteiger partial charge in [0.1, 0.15) is 0 Å². The van der Waals surface area contributed by atoms with E-state index in [0.717, 1.165) is 18.4 Å². The van der Waals surface area contributed by atoms with E-state index in [1.165, 1.54) is 24.8 Å². The van der Waals surface area contributed by atoms with Gasteiger partial charge in [-0.3, -0.25) is 4.79 Å². The van der Waals surface area contributed by atoms with Crippen LogP contribution in [0.2, 0.25) is 0 Å². The molecule has 0 heterocycles. The van der Waals surface area contributed by atoms with Gasteiger partial charge in [0.2, 0.25) is 5.91 Å². The van der Waals surface area contributed by atoms with Crippen LogP contribution in [0.4, 0.5) is 0 Å². The third-order valence-electron chi connectivity index (χ3n) is 4.49. The van der Waals surface area contributed by atoms with E-state index in [1.54, 1.807) is 0 Å². The number of hydrogen-bond acceptors (Lipinski definition) is 2. The van der Waals surface area contributed by atoms with Crippen molar-refractivity contribution in [3.05, 3.63) is 35.4 Å². The van der Waals surface area contributed by atoms with Gasteiger partial charge in [0.15, 0.2) is 0 Å². The molecule has 1 aliphatic carbocycles. The summed E-state index contributed by atoms with van der Waals surface area (Å²) in [5.41, 5.74) is 8.37. The molecule has 0 aliphatic heterocycles. The fourth-order valence-corrected chi connectivity index (χ4v) is 3.06. The fraction of sp³-hybridized carbons (Fsp3) is 0.588. The number of carbonyl (C=O) groups excluding carboxylic acids is 1. The van der Waals surface area contributed by atoms with Crippen molar-refractivity contribution in [2.75, 3.05) is 6.54 Å². The maximum Gasteiger partial charge on any atom is 0.220 e. The van der Waals surface area contributed by atoms with Gasteiger partial charge in [0.25, 0.3) is 0 Å². The number of carbonyl (C=O) groups is 1. The predicted molar refractivity (Wildman–Crippen MR) is 82.2 cm³/mol. The van der Waals surface area contributed by atoms with Crippen molar-refractivity contribution in [2.45, 2.75) is 52.0 Å². The van der Waals surface area contributed by atoms with Gasteiger partial charge in [-0.15, -0.1) is 0 Å². The molecule has 1 aliphatic rings. The quantitative estimate of drug-likeness (QED) is 0.867. The highest BCUT2D eigenvalue weighted by atomic mass is 16.1. The largest absolute Gasteiger partial charge is 0.352 e. The van der Waals surface area contributed by atoms with Crippen molar-refractivity contribution >= 4 is 5.91 Å². The molecule has 0 aromatic heterocycles. The standard InChI is InChI=1S/C17H26N2O/c1-14-5-7-15(8-6-14)12-19-16(20)11-17(13-18)9-3-2-4-10-17/h5-8H,2-4,9-13,18H2,1H3,(H,19,20). The maximum absolute atomic E-state index is 12.1. The van der Waals surface area contributed by atoms with Crippen LogP contribution in [0.1, 0.15) is 49.7 Å². The van der Waals surface area contributed by atoms with Crippen LogP contribution >= 0.6 is 0 Å². The Hall–Kier alpha value is -1.35. The predicted octanol–water partition coefficient (Wildman–Crippen LogP) is 2.91. The molecule has 110 valence electrons. The molecule has 0 atom stereocenters. The van der Waals surface area contributed by atoms with E-state index >= 15 is 0 Å². The van der Waals surface area contributed by atoms with Crippen LogP contribution in [0.3, 0.4) is 0 Å². The SMILES string of the molecule is Cc1ccc(CNC(=O)CC2(CN)CCCCC2)cc1. The number of aryl methyl sites for hydroxylation is 1. The lowest BCUT2D eigenvalue weighted by atomic mass is 9.71. The summed E-state index contributed by atoms with van der Waals surface area (Å²) < 4.78 is 0. The zero-order valence-electron chi connectivity index (χ0n) is 12.5. The minimum Gasteiger partial charge on any atom is -0.352 e. The normalized spacial score (nSPS) is 17.7. The summed E-state index contributed by atoms with van der Waals surface area (Å²) in [7, 11) is 0. The van der Waals surface area contributed by atoms with Crippen LogP contribution < -0.4 is 11.1 Å². The first-order chi connectivity index (χ1) is 9.63.